The lowest BCUT2D eigenvalue weighted by Crippen LogP contribution is -2.07. The third kappa shape index (κ3) is 5.44. The second kappa shape index (κ2) is 13.8. The lowest BCUT2D eigenvalue weighted by Gasteiger charge is -2.15. The second-order valence-electron chi connectivity index (χ2n) is 15.2. The van der Waals surface area contributed by atoms with Gasteiger partial charge in [-0.15, -0.1) is 0 Å². The smallest absolute Gasteiger partial charge is 0.238 e. The van der Waals surface area contributed by atoms with Crippen LogP contribution in [0.5, 0.6) is 0 Å². The SMILES string of the molecule is c1ccc(-c2ccc(-n3c4ccccc4c4cc(-c5c6ccccc6cc6c7ccccc7n(-c7nc(-c8ccccc8)nc(-c8ccccc8)n7)c56)ccc43)cc2)cc1. The molecular formula is C55H35N5. The Morgan fingerprint density at radius 3 is 1.43 bits per heavy atom. The molecule has 0 spiro atoms. The van der Waals surface area contributed by atoms with Crippen LogP contribution in [-0.4, -0.2) is 24.1 Å². The van der Waals surface area contributed by atoms with E-state index in [9.17, 15) is 0 Å². The maximum absolute atomic E-state index is 5.28. The predicted molar refractivity (Wildman–Crippen MR) is 248 cm³/mol. The highest BCUT2D eigenvalue weighted by Crippen LogP contribution is 2.44. The maximum Gasteiger partial charge on any atom is 0.238 e. The molecule has 12 aromatic rings. The van der Waals surface area contributed by atoms with Crippen molar-refractivity contribution in [3.8, 4) is 56.7 Å². The maximum atomic E-state index is 5.28. The van der Waals surface area contributed by atoms with E-state index in [1.165, 1.54) is 32.8 Å². The van der Waals surface area contributed by atoms with Crippen LogP contribution in [0.25, 0.3) is 111 Å². The molecule has 0 aliphatic carbocycles. The first kappa shape index (κ1) is 33.9. The van der Waals surface area contributed by atoms with Crippen molar-refractivity contribution in [3.63, 3.8) is 0 Å². The van der Waals surface area contributed by atoms with Crippen molar-refractivity contribution in [3.05, 3.63) is 212 Å². The van der Waals surface area contributed by atoms with E-state index in [2.05, 4.69) is 185 Å². The minimum atomic E-state index is 0.571. The monoisotopic (exact) mass is 765 g/mol. The fourth-order valence-corrected chi connectivity index (χ4v) is 9.03. The summed E-state index contributed by atoms with van der Waals surface area (Å²) in [5, 5.41) is 7.01. The van der Waals surface area contributed by atoms with Crippen molar-refractivity contribution < 1.29 is 0 Å². The van der Waals surface area contributed by atoms with Crippen LogP contribution in [0.1, 0.15) is 0 Å². The molecule has 9 aromatic carbocycles. The molecule has 3 heterocycles. The molecule has 5 nitrogen and oxygen atoms in total. The molecule has 280 valence electrons. The molecule has 60 heavy (non-hydrogen) atoms. The van der Waals surface area contributed by atoms with Crippen LogP contribution in [0, 0.1) is 0 Å². The summed E-state index contributed by atoms with van der Waals surface area (Å²) in [6, 6.07) is 75.2. The standard InChI is InChI=1S/C55H35N5/c1-4-16-36(17-5-1)37-28-31-42(32-29-37)59-48-26-14-12-24-44(48)46-35-41(30-33-50(46)59)51-43-23-11-10-22-40(43)34-47-45-25-13-15-27-49(45)60(52(47)51)55-57-53(38-18-6-2-7-19-38)56-54(58-55)39-20-8-3-9-21-39/h1-35H. The topological polar surface area (TPSA) is 48.5 Å². The highest BCUT2D eigenvalue weighted by atomic mass is 15.2. The molecule has 0 bridgehead atoms. The Balaban J connectivity index is 1.14. The van der Waals surface area contributed by atoms with Crippen LogP contribution in [0.4, 0.5) is 0 Å². The fourth-order valence-electron chi connectivity index (χ4n) is 9.03. The zero-order valence-corrected chi connectivity index (χ0v) is 32.4. The number of benzene rings is 9. The quantitative estimate of drug-likeness (QED) is 0.169. The average molecular weight is 766 g/mol. The molecule has 0 radical (unpaired) electrons. The normalized spacial score (nSPS) is 11.7. The Morgan fingerprint density at radius 1 is 0.300 bits per heavy atom. The molecule has 0 aliphatic heterocycles. The van der Waals surface area contributed by atoms with E-state index in [4.69, 9.17) is 15.0 Å². The van der Waals surface area contributed by atoms with Gasteiger partial charge in [-0.2, -0.15) is 9.97 Å². The number of para-hydroxylation sites is 2. The Bertz CT molecular complexity index is 3510. The van der Waals surface area contributed by atoms with Gasteiger partial charge in [0, 0.05) is 43.9 Å². The van der Waals surface area contributed by atoms with Crippen LogP contribution in [0.3, 0.4) is 0 Å². The minimum absolute atomic E-state index is 0.571. The number of fused-ring (bicyclic) bond motifs is 7. The van der Waals surface area contributed by atoms with Crippen LogP contribution >= 0.6 is 0 Å². The lowest BCUT2D eigenvalue weighted by molar-refractivity contribution is 0.954. The van der Waals surface area contributed by atoms with Crippen LogP contribution in [0.2, 0.25) is 0 Å². The third-order valence-electron chi connectivity index (χ3n) is 11.8. The van der Waals surface area contributed by atoms with Crippen molar-refractivity contribution >= 4 is 54.4 Å². The largest absolute Gasteiger partial charge is 0.309 e. The fraction of sp³-hybridized carbons (Fsp3) is 0. The van der Waals surface area contributed by atoms with Gasteiger partial charge >= 0.3 is 0 Å². The van der Waals surface area contributed by atoms with Gasteiger partial charge < -0.3 is 4.57 Å². The van der Waals surface area contributed by atoms with Gasteiger partial charge in [0.05, 0.1) is 22.1 Å². The Kier molecular flexibility index (Phi) is 7.78. The first-order chi connectivity index (χ1) is 29.8. The Morgan fingerprint density at radius 2 is 0.783 bits per heavy atom. The number of nitrogens with zero attached hydrogens (tertiary/aromatic N) is 5. The first-order valence-electron chi connectivity index (χ1n) is 20.3. The van der Waals surface area contributed by atoms with Crippen molar-refractivity contribution in [1.29, 1.82) is 0 Å². The van der Waals surface area contributed by atoms with Crippen LogP contribution < -0.4 is 0 Å². The van der Waals surface area contributed by atoms with Crippen molar-refractivity contribution in [2.24, 2.45) is 0 Å². The lowest BCUT2D eigenvalue weighted by atomic mass is 9.94. The van der Waals surface area contributed by atoms with E-state index in [1.54, 1.807) is 0 Å². The van der Waals surface area contributed by atoms with E-state index in [1.807, 2.05) is 36.4 Å². The highest BCUT2D eigenvalue weighted by molar-refractivity contribution is 6.22. The second-order valence-corrected chi connectivity index (χ2v) is 15.2. The summed E-state index contributed by atoms with van der Waals surface area (Å²) in [5.74, 6) is 1.82. The number of hydrogen-bond acceptors (Lipinski definition) is 3. The average Bonchev–Trinajstić information content (AvgIpc) is 3.84. The van der Waals surface area contributed by atoms with Gasteiger partial charge in [-0.05, 0) is 69.9 Å². The molecule has 0 fully saturated rings. The predicted octanol–water partition coefficient (Wildman–Crippen LogP) is 13.9. The van der Waals surface area contributed by atoms with Gasteiger partial charge in [0.1, 0.15) is 0 Å². The summed E-state index contributed by atoms with van der Waals surface area (Å²) in [6.07, 6.45) is 0. The first-order valence-corrected chi connectivity index (χ1v) is 20.3. The summed E-state index contributed by atoms with van der Waals surface area (Å²) in [6.45, 7) is 0. The zero-order chi connectivity index (χ0) is 39.6. The zero-order valence-electron chi connectivity index (χ0n) is 32.4. The molecule has 0 saturated carbocycles. The molecule has 12 rings (SSSR count). The molecule has 0 amide bonds. The summed E-state index contributed by atoms with van der Waals surface area (Å²) in [5.41, 5.74) is 12.1. The van der Waals surface area contributed by atoms with Gasteiger partial charge in [-0.25, -0.2) is 4.98 Å². The van der Waals surface area contributed by atoms with E-state index in [0.29, 0.717) is 17.6 Å². The van der Waals surface area contributed by atoms with Crippen LogP contribution in [-0.2, 0) is 0 Å². The van der Waals surface area contributed by atoms with Crippen molar-refractivity contribution in [2.45, 2.75) is 0 Å². The van der Waals surface area contributed by atoms with Gasteiger partial charge in [0.2, 0.25) is 5.95 Å². The summed E-state index contributed by atoms with van der Waals surface area (Å²) >= 11 is 0. The molecule has 0 aliphatic rings. The van der Waals surface area contributed by atoms with Crippen molar-refractivity contribution in [2.75, 3.05) is 0 Å². The molecule has 0 atom stereocenters. The summed E-state index contributed by atoms with van der Waals surface area (Å²) in [4.78, 5) is 15.6. The molecule has 3 aromatic heterocycles. The van der Waals surface area contributed by atoms with Crippen LogP contribution in [0.15, 0.2) is 212 Å². The molecule has 5 heteroatoms. The number of hydrogen-bond donors (Lipinski definition) is 0. The van der Waals surface area contributed by atoms with E-state index >= 15 is 0 Å². The number of rotatable bonds is 6. The van der Waals surface area contributed by atoms with Gasteiger partial charge in [-0.1, -0.05) is 170 Å². The Hall–Kier alpha value is -8.15. The van der Waals surface area contributed by atoms with Gasteiger partial charge in [-0.3, -0.25) is 4.57 Å². The molecule has 0 N–H and O–H groups in total. The number of aromatic nitrogens is 5. The third-order valence-corrected chi connectivity index (χ3v) is 11.8. The van der Waals surface area contributed by atoms with E-state index in [-0.39, 0.29) is 0 Å². The molecule has 0 saturated heterocycles. The summed E-state index contributed by atoms with van der Waals surface area (Å²) in [7, 11) is 0. The molecule has 0 unspecified atom stereocenters. The Labute approximate surface area is 346 Å². The molecular weight excluding hydrogens is 731 g/mol. The van der Waals surface area contributed by atoms with E-state index < -0.39 is 0 Å². The van der Waals surface area contributed by atoms with Gasteiger partial charge in [0.25, 0.3) is 0 Å². The highest BCUT2D eigenvalue weighted by Gasteiger charge is 2.23. The minimum Gasteiger partial charge on any atom is -0.309 e. The summed E-state index contributed by atoms with van der Waals surface area (Å²) < 4.78 is 4.65. The van der Waals surface area contributed by atoms with E-state index in [0.717, 1.165) is 60.6 Å². The van der Waals surface area contributed by atoms with Crippen molar-refractivity contribution in [1.82, 2.24) is 24.1 Å². The van der Waals surface area contributed by atoms with Gasteiger partial charge in [0.15, 0.2) is 11.6 Å².